The van der Waals surface area contributed by atoms with Crippen LogP contribution in [0.5, 0.6) is 11.5 Å². The van der Waals surface area contributed by atoms with Crippen molar-refractivity contribution in [2.24, 2.45) is 17.3 Å². The van der Waals surface area contributed by atoms with Crippen molar-refractivity contribution in [3.63, 3.8) is 0 Å². The van der Waals surface area contributed by atoms with Gasteiger partial charge in [-0.1, -0.05) is 47.6 Å². The predicted molar refractivity (Wildman–Crippen MR) is 226 cm³/mol. The molecule has 15 nitrogen and oxygen atoms in total. The van der Waals surface area contributed by atoms with E-state index in [1.54, 1.807) is 31.4 Å². The maximum atomic E-state index is 14.7. The minimum absolute atomic E-state index is 0.00943. The molecule has 2 aliphatic carbocycles. The van der Waals surface area contributed by atoms with E-state index < -0.39 is 58.9 Å². The van der Waals surface area contributed by atoms with Gasteiger partial charge in [-0.05, 0) is 72.0 Å². The van der Waals surface area contributed by atoms with Crippen LogP contribution in [0, 0.1) is 17.3 Å². The Kier molecular flexibility index (Phi) is 13.2. The summed E-state index contributed by atoms with van der Waals surface area (Å²) in [7, 11) is 0. The average Bonchev–Trinajstić information content (AvgIpc) is 3.59. The van der Waals surface area contributed by atoms with Crippen molar-refractivity contribution in [1.82, 2.24) is 25.5 Å². The molecule has 1 aromatic carbocycles. The Morgan fingerprint density at radius 3 is 2.46 bits per heavy atom. The maximum Gasteiger partial charge on any atom is 0.408 e. The van der Waals surface area contributed by atoms with E-state index in [-0.39, 0.29) is 37.3 Å². The number of aromatic nitrogens is 2. The first-order valence-electron chi connectivity index (χ1n) is 20.1. The summed E-state index contributed by atoms with van der Waals surface area (Å²) in [5.41, 5.74) is -0.915. The lowest BCUT2D eigenvalue weighted by atomic mass is 9.85. The second kappa shape index (κ2) is 17.8. The number of alkyl carbamates (subject to hydrolysis) is 1. The van der Waals surface area contributed by atoms with E-state index in [0.29, 0.717) is 50.0 Å². The molecule has 3 aliphatic rings. The summed E-state index contributed by atoms with van der Waals surface area (Å²) in [6, 6.07) is 3.11. The topological polar surface area (TPSA) is 198 Å². The molecule has 1 aliphatic heterocycles. The lowest BCUT2D eigenvalue weighted by Gasteiger charge is -2.35. The van der Waals surface area contributed by atoms with Gasteiger partial charge in [0.15, 0.2) is 5.13 Å². The number of rotatable bonds is 15. The van der Waals surface area contributed by atoms with Crippen LogP contribution in [0.3, 0.4) is 0 Å². The highest BCUT2D eigenvalue weighted by Gasteiger charge is 2.61. The number of ether oxygens (including phenoxy) is 3. The number of aliphatic carboxylic acids is 1. The van der Waals surface area contributed by atoms with Crippen LogP contribution in [0.15, 0.2) is 40.7 Å². The van der Waals surface area contributed by atoms with Crippen molar-refractivity contribution in [3.05, 3.63) is 40.7 Å². The number of carboxylic acid groups (broad SMARTS) is 1. The molecular formula is C42H53BrN6O9S. The first-order chi connectivity index (χ1) is 27.9. The van der Waals surface area contributed by atoms with Gasteiger partial charge in [-0.3, -0.25) is 14.4 Å². The Hall–Kier alpha value is -4.77. The van der Waals surface area contributed by atoms with E-state index in [1.165, 1.54) is 22.3 Å². The van der Waals surface area contributed by atoms with Crippen LogP contribution in [0.4, 0.5) is 9.93 Å². The average molecular weight is 898 g/mol. The van der Waals surface area contributed by atoms with Crippen LogP contribution in [-0.2, 0) is 23.9 Å². The number of carbonyl (C=O) groups excluding carboxylic acids is 4. The number of anilines is 1. The molecule has 3 fully saturated rings. The first kappa shape index (κ1) is 43.8. The van der Waals surface area contributed by atoms with Crippen LogP contribution in [0.2, 0.25) is 0 Å². The summed E-state index contributed by atoms with van der Waals surface area (Å²) < 4.78 is 19.0. The number of nitrogens with one attached hydrogen (secondary N) is 3. The monoisotopic (exact) mass is 896 g/mol. The SMILES string of the molecule is C=C[C@@H]1C[C@]1(NC(=O)[C@@H]1C[C@@H](Oc2cc(-c3csc(NC(=O)C(C)C)n3)nc3c(Br)c(OCCC)ccc23)CN1C(=O)[C@@H](NC(=O)OC1CCCC1)C(C)(C)C)C(=O)O. The lowest BCUT2D eigenvalue weighted by molar-refractivity contribution is -0.146. The fourth-order valence-electron chi connectivity index (χ4n) is 7.46. The van der Waals surface area contributed by atoms with Crippen LogP contribution in [-0.4, -0.2) is 92.7 Å². The summed E-state index contributed by atoms with van der Waals surface area (Å²) in [6.07, 6.45) is 4.16. The summed E-state index contributed by atoms with van der Waals surface area (Å²) in [4.78, 5) is 77.9. The Morgan fingerprint density at radius 1 is 1.10 bits per heavy atom. The molecular weight excluding hydrogens is 844 g/mol. The molecule has 0 bridgehead atoms. The van der Waals surface area contributed by atoms with Gasteiger partial charge >= 0.3 is 12.1 Å². The highest BCUT2D eigenvalue weighted by molar-refractivity contribution is 9.10. The van der Waals surface area contributed by atoms with Gasteiger partial charge in [-0.2, -0.15) is 0 Å². The largest absolute Gasteiger partial charge is 0.492 e. The Labute approximate surface area is 356 Å². The highest BCUT2D eigenvalue weighted by atomic mass is 79.9. The standard InChI is InChI=1S/C42H53BrN6O9S/c1-8-16-56-30-15-14-26-31(18-27(44-33(26)32(30)43)28-21-59-39(45-28)47-35(50)22(3)4)57-25-17-29(36(51)48-42(38(53)54)19-23(42)9-2)49(20-25)37(52)34(41(5,6)7)46-40(55)58-24-12-10-11-13-24/h9,14-15,18,21-25,29,34H,2,8,10-13,16-17,19-20H2,1,3-7H3,(H,46,55)(H,48,51)(H,53,54)(H,45,47,50)/t23-,25-,29+,34-,42-/m1/s1. The second-order valence-electron chi connectivity index (χ2n) is 16.9. The lowest BCUT2D eigenvalue weighted by Crippen LogP contribution is -2.59. The van der Waals surface area contributed by atoms with Crippen molar-refractivity contribution >= 4 is 73.1 Å². The summed E-state index contributed by atoms with van der Waals surface area (Å²) in [6.45, 7) is 15.2. The third-order valence-corrected chi connectivity index (χ3v) is 12.5. The Morgan fingerprint density at radius 2 is 1.83 bits per heavy atom. The minimum atomic E-state index is -1.54. The number of hydrogen-bond donors (Lipinski definition) is 4. The number of halogens is 1. The minimum Gasteiger partial charge on any atom is -0.492 e. The van der Waals surface area contributed by atoms with E-state index in [4.69, 9.17) is 19.2 Å². The molecule has 2 saturated carbocycles. The van der Waals surface area contributed by atoms with Crippen LogP contribution < -0.4 is 25.4 Å². The Bertz CT molecular complexity index is 2110. The second-order valence-corrected chi connectivity index (χ2v) is 18.5. The maximum absolute atomic E-state index is 14.7. The number of pyridine rings is 1. The van der Waals surface area contributed by atoms with E-state index in [9.17, 15) is 29.1 Å². The smallest absolute Gasteiger partial charge is 0.408 e. The molecule has 3 aromatic rings. The molecule has 1 saturated heterocycles. The van der Waals surface area contributed by atoms with Crippen molar-refractivity contribution in [2.75, 3.05) is 18.5 Å². The summed E-state index contributed by atoms with van der Waals surface area (Å²) in [5.74, 6) is -2.33. The zero-order valence-electron chi connectivity index (χ0n) is 34.3. The van der Waals surface area contributed by atoms with Gasteiger partial charge in [0.25, 0.3) is 0 Å². The molecule has 3 heterocycles. The number of benzene rings is 1. The number of nitrogens with zero attached hydrogens (tertiary/aromatic N) is 3. The molecule has 4 N–H and O–H groups in total. The zero-order chi connectivity index (χ0) is 42.8. The molecule has 2 aromatic heterocycles. The van der Waals surface area contributed by atoms with Gasteiger partial charge in [0.05, 0.1) is 28.8 Å². The third kappa shape index (κ3) is 9.66. The highest BCUT2D eigenvalue weighted by Crippen LogP contribution is 2.45. The van der Waals surface area contributed by atoms with Gasteiger partial charge < -0.3 is 40.2 Å². The number of carbonyl (C=O) groups is 5. The summed E-state index contributed by atoms with van der Waals surface area (Å²) >= 11 is 4.95. The molecule has 6 rings (SSSR count). The van der Waals surface area contributed by atoms with Gasteiger partial charge in [0, 0.05) is 35.1 Å². The molecule has 17 heteroatoms. The van der Waals surface area contributed by atoms with Gasteiger partial charge in [-0.25, -0.2) is 19.6 Å². The normalized spacial score (nSPS) is 22.2. The van der Waals surface area contributed by atoms with Crippen LogP contribution in [0.1, 0.15) is 86.5 Å². The molecule has 0 radical (unpaired) electrons. The fraction of sp³-hybridized carbons (Fsp3) is 0.548. The van der Waals surface area contributed by atoms with Crippen LogP contribution >= 0.6 is 27.3 Å². The van der Waals surface area contributed by atoms with Crippen molar-refractivity contribution in [1.29, 1.82) is 0 Å². The first-order valence-corrected chi connectivity index (χ1v) is 21.8. The molecule has 4 amide bonds. The van der Waals surface area contributed by atoms with Crippen molar-refractivity contribution in [3.8, 4) is 22.9 Å². The van der Waals surface area contributed by atoms with Gasteiger partial charge in [0.2, 0.25) is 17.7 Å². The molecule has 59 heavy (non-hydrogen) atoms. The quantitative estimate of drug-likeness (QED) is 0.114. The third-order valence-electron chi connectivity index (χ3n) is 10.9. The number of likely N-dealkylation sites (tertiary alicyclic amines) is 1. The number of carboxylic acids is 1. The molecule has 0 unspecified atom stereocenters. The number of fused-ring (bicyclic) bond motifs is 1. The number of amides is 4. The van der Waals surface area contributed by atoms with Crippen molar-refractivity contribution < 1.29 is 43.3 Å². The molecule has 318 valence electrons. The van der Waals surface area contributed by atoms with Crippen molar-refractivity contribution in [2.45, 2.75) is 116 Å². The fourth-order valence-corrected chi connectivity index (χ4v) is 8.71. The summed E-state index contributed by atoms with van der Waals surface area (Å²) in [5, 5.41) is 21.3. The molecule has 0 spiro atoms. The van der Waals surface area contributed by atoms with E-state index in [2.05, 4.69) is 43.4 Å². The Balaban J connectivity index is 1.35. The zero-order valence-corrected chi connectivity index (χ0v) is 36.7. The van der Waals surface area contributed by atoms with Crippen LogP contribution in [0.25, 0.3) is 22.3 Å². The van der Waals surface area contributed by atoms with Gasteiger partial charge in [-0.15, -0.1) is 17.9 Å². The van der Waals surface area contributed by atoms with E-state index >= 15 is 0 Å². The number of thiazole rings is 1. The number of hydrogen-bond acceptors (Lipinski definition) is 11. The van der Waals surface area contributed by atoms with Gasteiger partial charge in [0.1, 0.15) is 47.0 Å². The van der Waals surface area contributed by atoms with E-state index in [1.807, 2.05) is 33.8 Å². The molecule has 5 atom stereocenters. The predicted octanol–water partition coefficient (Wildman–Crippen LogP) is 7.08. The van der Waals surface area contributed by atoms with E-state index in [0.717, 1.165) is 32.1 Å².